The van der Waals surface area contributed by atoms with Crippen molar-refractivity contribution < 1.29 is 14.3 Å². The van der Waals surface area contributed by atoms with Crippen LogP contribution in [0.25, 0.3) is 5.65 Å². The highest BCUT2D eigenvalue weighted by molar-refractivity contribution is 5.95. The number of esters is 1. The van der Waals surface area contributed by atoms with Crippen molar-refractivity contribution in [3.05, 3.63) is 35.8 Å². The molecule has 0 N–H and O–H groups in total. The molecule has 2 atom stereocenters. The topological polar surface area (TPSA) is 56.1 Å². The lowest BCUT2D eigenvalue weighted by Gasteiger charge is -2.43. The number of pyridine rings is 1. The molecule has 0 radical (unpaired) electrons. The van der Waals surface area contributed by atoms with Crippen LogP contribution in [0.5, 0.6) is 0 Å². The normalized spacial score (nSPS) is 24.7. The summed E-state index contributed by atoms with van der Waals surface area (Å²) in [6.07, 6.45) is 9.21. The summed E-state index contributed by atoms with van der Waals surface area (Å²) in [6, 6.07) is 4.10. The van der Waals surface area contributed by atoms with Crippen molar-refractivity contribution in [2.24, 2.45) is 0 Å². The standard InChI is InChI=1S/C18H23N3O3/c1-23-18(22)14-5-4-8-21-12-13(19-17(14)21)11-20-9-10-24-16-7-3-2-6-15(16)20/h4-5,8,12,15-16H,2-3,6-7,9-11H2,1H3/t15-,16-/m1/s1. The molecule has 1 saturated heterocycles. The van der Waals surface area contributed by atoms with Gasteiger partial charge in [-0.2, -0.15) is 0 Å². The number of ether oxygens (including phenoxy) is 2. The Balaban J connectivity index is 1.59. The fraction of sp³-hybridized carbons (Fsp3) is 0.556. The van der Waals surface area contributed by atoms with Gasteiger partial charge in [0.1, 0.15) is 5.56 Å². The third-order valence-electron chi connectivity index (χ3n) is 5.15. The molecule has 0 amide bonds. The van der Waals surface area contributed by atoms with E-state index >= 15 is 0 Å². The highest BCUT2D eigenvalue weighted by Crippen LogP contribution is 2.29. The quantitative estimate of drug-likeness (QED) is 0.809. The van der Waals surface area contributed by atoms with E-state index in [2.05, 4.69) is 4.90 Å². The average molecular weight is 329 g/mol. The fourth-order valence-electron chi connectivity index (χ4n) is 3.99. The summed E-state index contributed by atoms with van der Waals surface area (Å²) >= 11 is 0. The third kappa shape index (κ3) is 2.80. The molecule has 1 aliphatic heterocycles. The molecule has 2 aromatic heterocycles. The number of hydrogen-bond donors (Lipinski definition) is 0. The van der Waals surface area contributed by atoms with Crippen molar-refractivity contribution in [3.8, 4) is 0 Å². The SMILES string of the molecule is COC(=O)c1cccn2cc(CN3CCO[C@@H]4CCCC[C@H]43)nc12. The van der Waals surface area contributed by atoms with Gasteiger partial charge in [-0.1, -0.05) is 12.8 Å². The van der Waals surface area contributed by atoms with Gasteiger partial charge < -0.3 is 13.9 Å². The molecule has 4 rings (SSSR count). The van der Waals surface area contributed by atoms with Crippen LogP contribution in [0, 0.1) is 0 Å². The van der Waals surface area contributed by atoms with Gasteiger partial charge in [-0.15, -0.1) is 0 Å². The summed E-state index contributed by atoms with van der Waals surface area (Å²) in [5.41, 5.74) is 2.15. The zero-order valence-electron chi connectivity index (χ0n) is 14.0. The van der Waals surface area contributed by atoms with Crippen molar-refractivity contribution in [2.75, 3.05) is 20.3 Å². The Kier molecular flexibility index (Phi) is 4.24. The maximum Gasteiger partial charge on any atom is 0.341 e. The second-order valence-corrected chi connectivity index (χ2v) is 6.61. The molecule has 128 valence electrons. The van der Waals surface area contributed by atoms with E-state index in [4.69, 9.17) is 14.5 Å². The molecule has 0 unspecified atom stereocenters. The van der Waals surface area contributed by atoms with Crippen LogP contribution >= 0.6 is 0 Å². The number of methoxy groups -OCH3 is 1. The van der Waals surface area contributed by atoms with Crippen LogP contribution in [0.2, 0.25) is 0 Å². The number of rotatable bonds is 3. The van der Waals surface area contributed by atoms with E-state index in [1.165, 1.54) is 32.8 Å². The van der Waals surface area contributed by atoms with Crippen LogP contribution in [-0.2, 0) is 16.0 Å². The van der Waals surface area contributed by atoms with E-state index in [0.717, 1.165) is 25.4 Å². The first-order valence-corrected chi connectivity index (χ1v) is 8.67. The molecule has 1 aliphatic carbocycles. The number of imidazole rings is 1. The monoisotopic (exact) mass is 329 g/mol. The zero-order valence-corrected chi connectivity index (χ0v) is 14.0. The van der Waals surface area contributed by atoms with E-state index in [0.29, 0.717) is 23.4 Å². The summed E-state index contributed by atoms with van der Waals surface area (Å²) in [4.78, 5) is 19.1. The first-order chi connectivity index (χ1) is 11.8. The fourth-order valence-corrected chi connectivity index (χ4v) is 3.99. The number of carbonyl (C=O) groups is 1. The van der Waals surface area contributed by atoms with E-state index in [1.807, 2.05) is 22.9 Å². The van der Waals surface area contributed by atoms with Crippen LogP contribution in [0.1, 0.15) is 41.7 Å². The first kappa shape index (κ1) is 15.6. The second kappa shape index (κ2) is 6.53. The molecule has 6 nitrogen and oxygen atoms in total. The Morgan fingerprint density at radius 2 is 2.29 bits per heavy atom. The van der Waals surface area contributed by atoms with Gasteiger partial charge in [0, 0.05) is 31.5 Å². The Labute approximate surface area is 141 Å². The molecular weight excluding hydrogens is 306 g/mol. The number of nitrogens with zero attached hydrogens (tertiary/aromatic N) is 3. The van der Waals surface area contributed by atoms with Crippen LogP contribution in [-0.4, -0.2) is 52.7 Å². The average Bonchev–Trinajstić information content (AvgIpc) is 3.03. The van der Waals surface area contributed by atoms with E-state index in [9.17, 15) is 4.79 Å². The lowest BCUT2D eigenvalue weighted by Crippen LogP contribution is -2.52. The lowest BCUT2D eigenvalue weighted by molar-refractivity contribution is -0.0914. The van der Waals surface area contributed by atoms with Crippen LogP contribution in [0.3, 0.4) is 0 Å². The van der Waals surface area contributed by atoms with E-state index < -0.39 is 0 Å². The number of hydrogen-bond acceptors (Lipinski definition) is 5. The van der Waals surface area contributed by atoms with Crippen molar-refractivity contribution in [1.82, 2.24) is 14.3 Å². The molecule has 2 aromatic rings. The largest absolute Gasteiger partial charge is 0.465 e. The third-order valence-corrected chi connectivity index (χ3v) is 5.15. The Hall–Kier alpha value is -1.92. The summed E-state index contributed by atoms with van der Waals surface area (Å²) < 4.78 is 12.7. The highest BCUT2D eigenvalue weighted by atomic mass is 16.5. The molecule has 0 aromatic carbocycles. The second-order valence-electron chi connectivity index (χ2n) is 6.61. The minimum atomic E-state index is -0.350. The van der Waals surface area contributed by atoms with Gasteiger partial charge in [0.15, 0.2) is 5.65 Å². The Bertz CT molecular complexity index is 740. The van der Waals surface area contributed by atoms with Gasteiger partial charge in [0.25, 0.3) is 0 Å². The molecule has 24 heavy (non-hydrogen) atoms. The predicted molar refractivity (Wildman–Crippen MR) is 88.9 cm³/mol. The molecule has 2 aliphatic rings. The maximum atomic E-state index is 11.9. The van der Waals surface area contributed by atoms with E-state index in [1.54, 1.807) is 6.07 Å². The van der Waals surface area contributed by atoms with Gasteiger partial charge in [-0.3, -0.25) is 4.90 Å². The number of morpholine rings is 1. The van der Waals surface area contributed by atoms with Crippen LogP contribution in [0.4, 0.5) is 0 Å². The van der Waals surface area contributed by atoms with Crippen LogP contribution in [0.15, 0.2) is 24.5 Å². The Morgan fingerprint density at radius 1 is 1.42 bits per heavy atom. The van der Waals surface area contributed by atoms with Gasteiger partial charge in [0.2, 0.25) is 0 Å². The number of carbonyl (C=O) groups excluding carboxylic acids is 1. The lowest BCUT2D eigenvalue weighted by atomic mass is 9.90. The minimum absolute atomic E-state index is 0.350. The van der Waals surface area contributed by atoms with Crippen molar-refractivity contribution in [2.45, 2.75) is 44.4 Å². The molecule has 0 spiro atoms. The minimum Gasteiger partial charge on any atom is -0.465 e. The van der Waals surface area contributed by atoms with Crippen molar-refractivity contribution >= 4 is 11.6 Å². The Morgan fingerprint density at radius 3 is 3.17 bits per heavy atom. The van der Waals surface area contributed by atoms with Crippen molar-refractivity contribution in [1.29, 1.82) is 0 Å². The smallest absolute Gasteiger partial charge is 0.341 e. The molecule has 0 bridgehead atoms. The molecular formula is C18H23N3O3. The summed E-state index contributed by atoms with van der Waals surface area (Å²) in [6.45, 7) is 2.54. The first-order valence-electron chi connectivity index (χ1n) is 8.67. The van der Waals surface area contributed by atoms with Crippen molar-refractivity contribution in [3.63, 3.8) is 0 Å². The van der Waals surface area contributed by atoms with Gasteiger partial charge in [-0.25, -0.2) is 9.78 Å². The summed E-state index contributed by atoms with van der Waals surface area (Å²) in [5, 5.41) is 0. The van der Waals surface area contributed by atoms with E-state index in [-0.39, 0.29) is 5.97 Å². The summed E-state index contributed by atoms with van der Waals surface area (Å²) in [5.74, 6) is -0.350. The number of aromatic nitrogens is 2. The molecule has 2 fully saturated rings. The molecule has 6 heteroatoms. The van der Waals surface area contributed by atoms with Gasteiger partial charge >= 0.3 is 5.97 Å². The highest BCUT2D eigenvalue weighted by Gasteiger charge is 2.34. The van der Waals surface area contributed by atoms with Gasteiger partial charge in [0.05, 0.1) is 25.5 Å². The molecule has 3 heterocycles. The van der Waals surface area contributed by atoms with Gasteiger partial charge in [-0.05, 0) is 25.0 Å². The zero-order chi connectivity index (χ0) is 16.5. The van der Waals surface area contributed by atoms with Crippen LogP contribution < -0.4 is 0 Å². The predicted octanol–water partition coefficient (Wildman–Crippen LogP) is 2.26. The maximum absolute atomic E-state index is 11.9. The summed E-state index contributed by atoms with van der Waals surface area (Å²) in [7, 11) is 1.40. The molecule has 1 saturated carbocycles. The number of fused-ring (bicyclic) bond motifs is 2.